The first kappa shape index (κ1) is 14.3. The highest BCUT2D eigenvalue weighted by atomic mass is 19.1. The lowest BCUT2D eigenvalue weighted by atomic mass is 10.0. The molecule has 0 unspecified atom stereocenters. The molecule has 1 rings (SSSR count). The molecular weight excluding hydrogens is 240 g/mol. The molecule has 0 spiro atoms. The minimum Gasteiger partial charge on any atom is -0.349 e. The van der Waals surface area contributed by atoms with Gasteiger partial charge in [0.2, 0.25) is 5.91 Å². The number of carbonyl (C=O) groups is 2. The zero-order valence-electron chi connectivity index (χ0n) is 10.4. The Bertz CT molecular complexity index is 458. The Morgan fingerprint density at radius 3 is 2.44 bits per heavy atom. The van der Waals surface area contributed by atoms with Crippen molar-refractivity contribution in [1.29, 1.82) is 0 Å². The molecule has 0 radical (unpaired) electrons. The predicted molar refractivity (Wildman–Crippen MR) is 63.2 cm³/mol. The summed E-state index contributed by atoms with van der Waals surface area (Å²) in [5, 5.41) is 0. The van der Waals surface area contributed by atoms with E-state index in [-0.39, 0.29) is 24.3 Å². The van der Waals surface area contributed by atoms with E-state index in [0.29, 0.717) is 6.42 Å². The molecule has 1 aromatic rings. The van der Waals surface area contributed by atoms with Crippen molar-refractivity contribution in [2.75, 3.05) is 14.1 Å². The zero-order chi connectivity index (χ0) is 13.7. The summed E-state index contributed by atoms with van der Waals surface area (Å²) >= 11 is 0. The van der Waals surface area contributed by atoms with Gasteiger partial charge >= 0.3 is 0 Å². The number of halogens is 2. The van der Waals surface area contributed by atoms with Gasteiger partial charge in [-0.1, -0.05) is 0 Å². The third-order valence-electron chi connectivity index (χ3n) is 2.52. The van der Waals surface area contributed by atoms with Crippen molar-refractivity contribution in [3.05, 3.63) is 35.4 Å². The van der Waals surface area contributed by atoms with Crippen LogP contribution < -0.4 is 0 Å². The lowest BCUT2D eigenvalue weighted by Gasteiger charge is -2.09. The summed E-state index contributed by atoms with van der Waals surface area (Å²) in [5.74, 6) is -1.97. The molecule has 0 aliphatic rings. The van der Waals surface area contributed by atoms with E-state index in [1.807, 2.05) is 0 Å². The molecule has 0 atom stereocenters. The van der Waals surface area contributed by atoms with E-state index in [2.05, 4.69) is 0 Å². The van der Waals surface area contributed by atoms with Crippen LogP contribution in [0.5, 0.6) is 0 Å². The van der Waals surface area contributed by atoms with Gasteiger partial charge in [-0.05, 0) is 24.6 Å². The van der Waals surface area contributed by atoms with E-state index in [9.17, 15) is 18.4 Å². The van der Waals surface area contributed by atoms with E-state index < -0.39 is 17.4 Å². The summed E-state index contributed by atoms with van der Waals surface area (Å²) in [6, 6.07) is 2.76. The molecule has 0 aliphatic carbocycles. The molecule has 0 aliphatic heterocycles. The molecule has 5 heteroatoms. The van der Waals surface area contributed by atoms with Crippen molar-refractivity contribution in [1.82, 2.24) is 4.90 Å². The number of amides is 1. The minimum atomic E-state index is -0.736. The number of hydrogen-bond acceptors (Lipinski definition) is 2. The molecule has 0 bridgehead atoms. The average molecular weight is 255 g/mol. The molecule has 0 fully saturated rings. The van der Waals surface area contributed by atoms with Gasteiger partial charge in [0.25, 0.3) is 0 Å². The van der Waals surface area contributed by atoms with Crippen LogP contribution in [0.2, 0.25) is 0 Å². The number of Topliss-reactive ketones (excluding diaryl/α,β-unsaturated/α-hetero) is 1. The van der Waals surface area contributed by atoms with E-state index in [4.69, 9.17) is 0 Å². The first-order chi connectivity index (χ1) is 8.41. The van der Waals surface area contributed by atoms with Crippen molar-refractivity contribution in [3.8, 4) is 0 Å². The van der Waals surface area contributed by atoms with E-state index >= 15 is 0 Å². The molecular formula is C13H15F2NO2. The van der Waals surface area contributed by atoms with Crippen LogP contribution in [0.3, 0.4) is 0 Å². The molecule has 98 valence electrons. The number of nitrogens with zero attached hydrogens (tertiary/aromatic N) is 1. The smallest absolute Gasteiger partial charge is 0.222 e. The van der Waals surface area contributed by atoms with Gasteiger partial charge < -0.3 is 4.90 Å². The summed E-state index contributed by atoms with van der Waals surface area (Å²) < 4.78 is 26.2. The largest absolute Gasteiger partial charge is 0.349 e. The third kappa shape index (κ3) is 3.91. The fourth-order valence-corrected chi connectivity index (χ4v) is 1.47. The maximum Gasteiger partial charge on any atom is 0.222 e. The van der Waals surface area contributed by atoms with E-state index in [0.717, 1.165) is 18.2 Å². The van der Waals surface area contributed by atoms with Gasteiger partial charge in [-0.25, -0.2) is 8.78 Å². The highest BCUT2D eigenvalue weighted by molar-refractivity contribution is 5.96. The van der Waals surface area contributed by atoms with Crippen molar-refractivity contribution >= 4 is 11.7 Å². The van der Waals surface area contributed by atoms with Crippen molar-refractivity contribution in [3.63, 3.8) is 0 Å². The molecule has 18 heavy (non-hydrogen) atoms. The molecule has 1 aromatic carbocycles. The quantitative estimate of drug-likeness (QED) is 0.758. The Morgan fingerprint density at radius 2 is 1.83 bits per heavy atom. The van der Waals surface area contributed by atoms with Crippen LogP contribution in [0.4, 0.5) is 8.78 Å². The maximum atomic E-state index is 13.3. The second-order valence-electron chi connectivity index (χ2n) is 4.19. The van der Waals surface area contributed by atoms with E-state index in [1.165, 1.54) is 4.90 Å². The zero-order valence-corrected chi connectivity index (χ0v) is 10.4. The number of hydrogen-bond donors (Lipinski definition) is 0. The molecule has 0 saturated carbocycles. The van der Waals surface area contributed by atoms with Gasteiger partial charge in [0.1, 0.15) is 11.6 Å². The fourth-order valence-electron chi connectivity index (χ4n) is 1.47. The molecule has 1 amide bonds. The van der Waals surface area contributed by atoms with Crippen LogP contribution in [0.25, 0.3) is 0 Å². The first-order valence-electron chi connectivity index (χ1n) is 5.60. The van der Waals surface area contributed by atoms with Crippen LogP contribution in [0, 0.1) is 11.6 Å². The van der Waals surface area contributed by atoms with Crippen molar-refractivity contribution < 1.29 is 18.4 Å². The topological polar surface area (TPSA) is 37.4 Å². The standard InChI is InChI=1S/C13H15F2NO2/c1-16(2)13(18)5-3-4-12(17)10-8-9(14)6-7-11(10)15/h6-8H,3-5H2,1-2H3. The molecule has 3 nitrogen and oxygen atoms in total. The molecule has 0 N–H and O–H groups in total. The van der Waals surface area contributed by atoms with Crippen molar-refractivity contribution in [2.24, 2.45) is 0 Å². The first-order valence-corrected chi connectivity index (χ1v) is 5.60. The number of rotatable bonds is 5. The highest BCUT2D eigenvalue weighted by Crippen LogP contribution is 2.13. The number of carbonyl (C=O) groups excluding carboxylic acids is 2. The molecule has 0 saturated heterocycles. The molecule has 0 aromatic heterocycles. The number of benzene rings is 1. The van der Waals surface area contributed by atoms with Crippen molar-refractivity contribution in [2.45, 2.75) is 19.3 Å². The summed E-state index contributed by atoms with van der Waals surface area (Å²) in [6.45, 7) is 0. The van der Waals surface area contributed by atoms with Crippen LogP contribution in [0.15, 0.2) is 18.2 Å². The monoisotopic (exact) mass is 255 g/mol. The predicted octanol–water partition coefficient (Wildman–Crippen LogP) is 2.41. The Kier molecular flexibility index (Phi) is 4.95. The summed E-state index contributed by atoms with van der Waals surface area (Å²) in [6.07, 6.45) is 0.571. The van der Waals surface area contributed by atoms with Crippen LogP contribution in [-0.4, -0.2) is 30.7 Å². The second kappa shape index (κ2) is 6.23. The van der Waals surface area contributed by atoms with Gasteiger partial charge in [-0.3, -0.25) is 9.59 Å². The van der Waals surface area contributed by atoms with Gasteiger partial charge in [-0.2, -0.15) is 0 Å². The Morgan fingerprint density at radius 1 is 1.17 bits per heavy atom. The Hall–Kier alpha value is -1.78. The van der Waals surface area contributed by atoms with Crippen LogP contribution >= 0.6 is 0 Å². The van der Waals surface area contributed by atoms with Gasteiger partial charge in [0.05, 0.1) is 5.56 Å². The van der Waals surface area contributed by atoms with E-state index in [1.54, 1.807) is 14.1 Å². The number of ketones is 1. The lowest BCUT2D eigenvalue weighted by Crippen LogP contribution is -2.21. The van der Waals surface area contributed by atoms with Gasteiger partial charge in [0, 0.05) is 26.9 Å². The summed E-state index contributed by atoms with van der Waals surface area (Å²) in [5.41, 5.74) is -0.257. The Balaban J connectivity index is 2.56. The maximum absolute atomic E-state index is 13.3. The SMILES string of the molecule is CN(C)C(=O)CCCC(=O)c1cc(F)ccc1F. The summed E-state index contributed by atoms with van der Waals surface area (Å²) in [7, 11) is 3.24. The Labute approximate surface area is 104 Å². The van der Waals surface area contributed by atoms with Gasteiger partial charge in [0.15, 0.2) is 5.78 Å². The molecule has 0 heterocycles. The second-order valence-corrected chi connectivity index (χ2v) is 4.19. The van der Waals surface area contributed by atoms with Crippen LogP contribution in [-0.2, 0) is 4.79 Å². The highest BCUT2D eigenvalue weighted by Gasteiger charge is 2.13. The average Bonchev–Trinajstić information content (AvgIpc) is 2.31. The van der Waals surface area contributed by atoms with Gasteiger partial charge in [-0.15, -0.1) is 0 Å². The normalized spacial score (nSPS) is 10.2. The third-order valence-corrected chi connectivity index (χ3v) is 2.52. The fraction of sp³-hybridized carbons (Fsp3) is 0.385. The lowest BCUT2D eigenvalue weighted by molar-refractivity contribution is -0.128. The summed E-state index contributed by atoms with van der Waals surface area (Å²) in [4.78, 5) is 24.3. The minimum absolute atomic E-state index is 0.0277. The van der Waals surface area contributed by atoms with Crippen LogP contribution in [0.1, 0.15) is 29.6 Å².